The molecule has 0 saturated heterocycles. The van der Waals surface area contributed by atoms with Gasteiger partial charge in [-0.1, -0.05) is 0 Å². The summed E-state index contributed by atoms with van der Waals surface area (Å²) in [5, 5.41) is 7.46. The van der Waals surface area contributed by atoms with Gasteiger partial charge in [-0.25, -0.2) is 0 Å². The topological polar surface area (TPSA) is 39.1 Å². The summed E-state index contributed by atoms with van der Waals surface area (Å²) in [7, 11) is 1.66. The van der Waals surface area contributed by atoms with Gasteiger partial charge in [0.15, 0.2) is 0 Å². The molecule has 0 radical (unpaired) electrons. The zero-order valence-electron chi connectivity index (χ0n) is 9.56. The van der Waals surface area contributed by atoms with Gasteiger partial charge in [0.25, 0.3) is 0 Å². The second-order valence-electron chi connectivity index (χ2n) is 3.55. The molecular weight excluding hydrogens is 282 g/mol. The maximum absolute atomic E-state index is 5.23. The number of hydrogen-bond donors (Lipinski definition) is 1. The molecule has 0 aliphatic heterocycles. The summed E-state index contributed by atoms with van der Waals surface area (Å²) in [6.07, 6.45) is 3.73. The normalized spacial score (nSPS) is 10.2. The maximum Gasteiger partial charge on any atom is 0.135 e. The van der Waals surface area contributed by atoms with Crippen LogP contribution in [0.4, 0.5) is 5.69 Å². The van der Waals surface area contributed by atoms with Gasteiger partial charge in [0.1, 0.15) is 5.75 Å². The molecule has 90 valence electrons. The molecule has 0 bridgehead atoms. The first kappa shape index (κ1) is 12.0. The smallest absolute Gasteiger partial charge is 0.135 e. The Balaban J connectivity index is 1.90. The predicted molar refractivity (Wildman–Crippen MR) is 71.4 cm³/mol. The average Bonchev–Trinajstić information content (AvgIpc) is 2.84. The molecule has 2 rings (SSSR count). The molecule has 1 heterocycles. The van der Waals surface area contributed by atoms with Crippen LogP contribution in [0, 0.1) is 0 Å². The van der Waals surface area contributed by atoms with Gasteiger partial charge in [-0.3, -0.25) is 4.68 Å². The lowest BCUT2D eigenvalue weighted by Gasteiger charge is -2.09. The first-order valence-electron chi connectivity index (χ1n) is 5.34. The van der Waals surface area contributed by atoms with Gasteiger partial charge in [0, 0.05) is 30.7 Å². The summed E-state index contributed by atoms with van der Waals surface area (Å²) < 4.78 is 8.08. The van der Waals surface area contributed by atoms with Gasteiger partial charge in [0.05, 0.1) is 18.1 Å². The van der Waals surface area contributed by atoms with Crippen LogP contribution in [0.5, 0.6) is 5.75 Å². The monoisotopic (exact) mass is 295 g/mol. The minimum atomic E-state index is 0.826. The maximum atomic E-state index is 5.23. The highest BCUT2D eigenvalue weighted by atomic mass is 79.9. The zero-order chi connectivity index (χ0) is 12.1. The van der Waals surface area contributed by atoms with Gasteiger partial charge in [-0.2, -0.15) is 5.10 Å². The molecule has 1 aromatic carbocycles. The number of nitrogens with one attached hydrogen (secondary N) is 1. The van der Waals surface area contributed by atoms with Crippen molar-refractivity contribution in [1.29, 1.82) is 0 Å². The lowest BCUT2D eigenvalue weighted by molar-refractivity contribution is 0.412. The highest BCUT2D eigenvalue weighted by molar-refractivity contribution is 9.10. The Kier molecular flexibility index (Phi) is 4.03. The van der Waals surface area contributed by atoms with E-state index < -0.39 is 0 Å². The van der Waals surface area contributed by atoms with Crippen LogP contribution < -0.4 is 10.1 Å². The number of aromatic nitrogens is 2. The molecule has 2 aromatic rings. The summed E-state index contributed by atoms with van der Waals surface area (Å²) >= 11 is 3.42. The van der Waals surface area contributed by atoms with Crippen molar-refractivity contribution in [1.82, 2.24) is 9.78 Å². The van der Waals surface area contributed by atoms with Crippen LogP contribution >= 0.6 is 15.9 Å². The third kappa shape index (κ3) is 3.23. The molecule has 0 saturated carbocycles. The summed E-state index contributed by atoms with van der Waals surface area (Å²) in [5.74, 6) is 0.828. The molecule has 0 spiro atoms. The second kappa shape index (κ2) is 5.72. The van der Waals surface area contributed by atoms with Crippen molar-refractivity contribution in [2.45, 2.75) is 6.54 Å². The van der Waals surface area contributed by atoms with Crippen LogP contribution in [0.1, 0.15) is 0 Å². The number of hydrogen-bond acceptors (Lipinski definition) is 3. The first-order valence-corrected chi connectivity index (χ1v) is 6.14. The van der Waals surface area contributed by atoms with Crippen molar-refractivity contribution in [3.05, 3.63) is 41.1 Å². The molecule has 1 N–H and O–H groups in total. The van der Waals surface area contributed by atoms with E-state index in [0.717, 1.165) is 29.0 Å². The average molecular weight is 296 g/mol. The minimum absolute atomic E-state index is 0.826. The van der Waals surface area contributed by atoms with Crippen LogP contribution in [0.3, 0.4) is 0 Å². The van der Waals surface area contributed by atoms with E-state index in [4.69, 9.17) is 4.74 Å². The van der Waals surface area contributed by atoms with E-state index in [1.54, 1.807) is 13.3 Å². The van der Waals surface area contributed by atoms with Crippen molar-refractivity contribution in [3.63, 3.8) is 0 Å². The number of anilines is 1. The van der Waals surface area contributed by atoms with Crippen molar-refractivity contribution >= 4 is 21.6 Å². The van der Waals surface area contributed by atoms with E-state index in [1.807, 2.05) is 35.1 Å². The summed E-state index contributed by atoms with van der Waals surface area (Å²) in [6, 6.07) is 7.86. The van der Waals surface area contributed by atoms with Crippen LogP contribution in [0.15, 0.2) is 41.1 Å². The first-order chi connectivity index (χ1) is 8.29. The molecule has 0 atom stereocenters. The van der Waals surface area contributed by atoms with Crippen LogP contribution in [-0.2, 0) is 6.54 Å². The summed E-state index contributed by atoms with van der Waals surface area (Å²) in [4.78, 5) is 0. The molecule has 4 nitrogen and oxygen atoms in total. The highest BCUT2D eigenvalue weighted by Crippen LogP contribution is 2.27. The SMILES string of the molecule is COc1cc(NCCn2cccn2)ccc1Br. The van der Waals surface area contributed by atoms with E-state index in [0.29, 0.717) is 0 Å². The van der Waals surface area contributed by atoms with E-state index in [1.165, 1.54) is 0 Å². The highest BCUT2D eigenvalue weighted by Gasteiger charge is 2.00. The zero-order valence-corrected chi connectivity index (χ0v) is 11.1. The molecule has 0 amide bonds. The van der Waals surface area contributed by atoms with E-state index in [2.05, 4.69) is 26.3 Å². The molecule has 0 fully saturated rings. The van der Waals surface area contributed by atoms with Gasteiger partial charge in [-0.05, 0) is 34.1 Å². The third-order valence-corrected chi connectivity index (χ3v) is 3.04. The quantitative estimate of drug-likeness (QED) is 0.922. The number of ether oxygens (including phenoxy) is 1. The van der Waals surface area contributed by atoms with Gasteiger partial charge >= 0.3 is 0 Å². The van der Waals surface area contributed by atoms with E-state index in [9.17, 15) is 0 Å². The molecular formula is C12H14BrN3O. The van der Waals surface area contributed by atoms with E-state index >= 15 is 0 Å². The Morgan fingerprint density at radius 1 is 1.47 bits per heavy atom. The number of rotatable bonds is 5. The molecule has 0 aliphatic rings. The fourth-order valence-corrected chi connectivity index (χ4v) is 1.93. The van der Waals surface area contributed by atoms with Crippen LogP contribution in [0.2, 0.25) is 0 Å². The summed E-state index contributed by atoms with van der Waals surface area (Å²) in [6.45, 7) is 1.66. The van der Waals surface area contributed by atoms with Crippen molar-refractivity contribution in [2.24, 2.45) is 0 Å². The fourth-order valence-electron chi connectivity index (χ4n) is 1.52. The van der Waals surface area contributed by atoms with Crippen molar-refractivity contribution in [2.75, 3.05) is 19.0 Å². The lowest BCUT2D eigenvalue weighted by Crippen LogP contribution is -2.10. The summed E-state index contributed by atoms with van der Waals surface area (Å²) in [5.41, 5.74) is 1.04. The fraction of sp³-hybridized carbons (Fsp3) is 0.250. The standard InChI is InChI=1S/C12H14BrN3O/c1-17-12-9-10(3-4-11(12)13)14-6-8-16-7-2-5-15-16/h2-5,7,9,14H,6,8H2,1H3. The molecule has 17 heavy (non-hydrogen) atoms. The second-order valence-corrected chi connectivity index (χ2v) is 4.40. The Bertz CT molecular complexity index is 471. The van der Waals surface area contributed by atoms with Crippen LogP contribution in [0.25, 0.3) is 0 Å². The van der Waals surface area contributed by atoms with Gasteiger partial charge in [-0.15, -0.1) is 0 Å². The Morgan fingerprint density at radius 3 is 3.06 bits per heavy atom. The van der Waals surface area contributed by atoms with Crippen molar-refractivity contribution < 1.29 is 4.74 Å². The molecule has 1 aromatic heterocycles. The molecule has 5 heteroatoms. The Hall–Kier alpha value is -1.49. The van der Waals surface area contributed by atoms with Crippen LogP contribution in [-0.4, -0.2) is 23.4 Å². The lowest BCUT2D eigenvalue weighted by atomic mass is 10.3. The number of benzene rings is 1. The number of methoxy groups -OCH3 is 1. The van der Waals surface area contributed by atoms with E-state index in [-0.39, 0.29) is 0 Å². The largest absolute Gasteiger partial charge is 0.495 e. The number of halogens is 1. The predicted octanol–water partition coefficient (Wildman–Crippen LogP) is 2.77. The Labute approximate surface area is 109 Å². The van der Waals surface area contributed by atoms with Gasteiger partial charge < -0.3 is 10.1 Å². The Morgan fingerprint density at radius 2 is 2.35 bits per heavy atom. The minimum Gasteiger partial charge on any atom is -0.495 e. The van der Waals surface area contributed by atoms with Crippen molar-refractivity contribution in [3.8, 4) is 5.75 Å². The van der Waals surface area contributed by atoms with Gasteiger partial charge in [0.2, 0.25) is 0 Å². The number of nitrogens with zero attached hydrogens (tertiary/aromatic N) is 2. The molecule has 0 aliphatic carbocycles. The molecule has 0 unspecified atom stereocenters. The third-order valence-electron chi connectivity index (χ3n) is 2.38.